The summed E-state index contributed by atoms with van der Waals surface area (Å²) in [4.78, 5) is 21.2. The summed E-state index contributed by atoms with van der Waals surface area (Å²) in [5.74, 6) is 2.09. The molecule has 24 heavy (non-hydrogen) atoms. The highest BCUT2D eigenvalue weighted by Gasteiger charge is 2.37. The maximum absolute atomic E-state index is 12.3. The molecule has 132 valence electrons. The summed E-state index contributed by atoms with van der Waals surface area (Å²) in [7, 11) is 0. The first-order valence-corrected chi connectivity index (χ1v) is 8.67. The highest BCUT2D eigenvalue weighted by atomic mass is 127. The van der Waals surface area contributed by atoms with Crippen molar-refractivity contribution >= 4 is 35.8 Å². The monoisotopic (exact) mass is 444 g/mol. The molecule has 2 saturated carbocycles. The van der Waals surface area contributed by atoms with E-state index in [0.717, 1.165) is 31.2 Å². The van der Waals surface area contributed by atoms with E-state index in [1.807, 2.05) is 17.0 Å². The number of aliphatic imine (C=N–C) groups is 1. The molecule has 2 heterocycles. The molecule has 0 bridgehead atoms. The molecule has 4 rings (SSSR count). The van der Waals surface area contributed by atoms with Gasteiger partial charge in [0.25, 0.3) is 0 Å². The Labute approximate surface area is 159 Å². The van der Waals surface area contributed by atoms with Crippen molar-refractivity contribution in [2.24, 2.45) is 4.99 Å². The van der Waals surface area contributed by atoms with Crippen molar-refractivity contribution in [2.45, 2.75) is 44.2 Å². The minimum absolute atomic E-state index is 0. The SMILES string of the molecule is I.O=C1CN(C(=NCCc2ccco2)NC2CC2)CCN1C1CC1. The van der Waals surface area contributed by atoms with Crippen LogP contribution in [0.5, 0.6) is 0 Å². The van der Waals surface area contributed by atoms with Gasteiger partial charge in [0.1, 0.15) is 5.76 Å². The number of hydrogen-bond donors (Lipinski definition) is 1. The third-order valence-electron chi connectivity index (χ3n) is 4.65. The Morgan fingerprint density at radius 2 is 2.12 bits per heavy atom. The van der Waals surface area contributed by atoms with Gasteiger partial charge in [-0.15, -0.1) is 24.0 Å². The first-order chi connectivity index (χ1) is 11.3. The molecule has 1 N–H and O–H groups in total. The first-order valence-electron chi connectivity index (χ1n) is 8.67. The minimum atomic E-state index is 0. The Morgan fingerprint density at radius 3 is 2.75 bits per heavy atom. The number of piperazine rings is 1. The molecule has 0 atom stereocenters. The molecule has 3 aliphatic rings. The van der Waals surface area contributed by atoms with Gasteiger partial charge < -0.3 is 19.5 Å². The van der Waals surface area contributed by atoms with E-state index in [4.69, 9.17) is 9.41 Å². The van der Waals surface area contributed by atoms with E-state index in [2.05, 4.69) is 10.2 Å². The highest BCUT2D eigenvalue weighted by molar-refractivity contribution is 14.0. The Bertz CT molecular complexity index is 581. The smallest absolute Gasteiger partial charge is 0.242 e. The molecule has 1 aromatic heterocycles. The summed E-state index contributed by atoms with van der Waals surface area (Å²) >= 11 is 0. The Kier molecular flexibility index (Phi) is 5.68. The van der Waals surface area contributed by atoms with Gasteiger partial charge in [0.05, 0.1) is 12.8 Å². The topological polar surface area (TPSA) is 61.1 Å². The van der Waals surface area contributed by atoms with Crippen LogP contribution in [0.4, 0.5) is 0 Å². The van der Waals surface area contributed by atoms with Crippen molar-refractivity contribution in [1.29, 1.82) is 0 Å². The Morgan fingerprint density at radius 1 is 1.29 bits per heavy atom. The van der Waals surface area contributed by atoms with Crippen molar-refractivity contribution < 1.29 is 9.21 Å². The summed E-state index contributed by atoms with van der Waals surface area (Å²) < 4.78 is 5.35. The van der Waals surface area contributed by atoms with E-state index in [-0.39, 0.29) is 29.9 Å². The van der Waals surface area contributed by atoms with Crippen molar-refractivity contribution in [3.63, 3.8) is 0 Å². The number of furan rings is 1. The van der Waals surface area contributed by atoms with E-state index in [0.29, 0.717) is 25.2 Å². The van der Waals surface area contributed by atoms with Crippen LogP contribution in [0.1, 0.15) is 31.4 Å². The molecule has 0 spiro atoms. The lowest BCUT2D eigenvalue weighted by molar-refractivity contribution is -0.135. The van der Waals surface area contributed by atoms with Crippen LogP contribution in [-0.2, 0) is 11.2 Å². The number of nitrogens with zero attached hydrogens (tertiary/aromatic N) is 3. The van der Waals surface area contributed by atoms with Gasteiger partial charge in [-0.1, -0.05) is 0 Å². The van der Waals surface area contributed by atoms with Gasteiger partial charge in [0.2, 0.25) is 5.91 Å². The molecule has 1 amide bonds. The summed E-state index contributed by atoms with van der Waals surface area (Å²) in [6.07, 6.45) is 7.24. The predicted molar refractivity (Wildman–Crippen MR) is 103 cm³/mol. The summed E-state index contributed by atoms with van der Waals surface area (Å²) in [6.45, 7) is 2.84. The fraction of sp³-hybridized carbons (Fsp3) is 0.647. The summed E-state index contributed by atoms with van der Waals surface area (Å²) in [5, 5.41) is 3.50. The number of guanidine groups is 1. The normalized spacial score (nSPS) is 21.7. The number of amides is 1. The number of rotatable bonds is 5. The third kappa shape index (κ3) is 4.43. The fourth-order valence-corrected chi connectivity index (χ4v) is 3.01. The van der Waals surface area contributed by atoms with Crippen molar-refractivity contribution in [3.8, 4) is 0 Å². The van der Waals surface area contributed by atoms with Crippen LogP contribution >= 0.6 is 24.0 Å². The van der Waals surface area contributed by atoms with Gasteiger partial charge in [0.15, 0.2) is 5.96 Å². The van der Waals surface area contributed by atoms with Crippen LogP contribution in [0.2, 0.25) is 0 Å². The number of hydrogen-bond acceptors (Lipinski definition) is 3. The van der Waals surface area contributed by atoms with E-state index in [1.165, 1.54) is 25.7 Å². The quantitative estimate of drug-likeness (QED) is 0.428. The van der Waals surface area contributed by atoms with Crippen LogP contribution < -0.4 is 5.32 Å². The van der Waals surface area contributed by atoms with E-state index in [1.54, 1.807) is 6.26 Å². The van der Waals surface area contributed by atoms with E-state index < -0.39 is 0 Å². The highest BCUT2D eigenvalue weighted by Crippen LogP contribution is 2.28. The molecule has 3 fully saturated rings. The lowest BCUT2D eigenvalue weighted by atomic mass is 10.3. The van der Waals surface area contributed by atoms with Gasteiger partial charge in [-0.25, -0.2) is 0 Å². The Balaban J connectivity index is 0.00000169. The molecule has 0 radical (unpaired) electrons. The summed E-state index contributed by atoms with van der Waals surface area (Å²) in [5.41, 5.74) is 0. The van der Waals surface area contributed by atoms with E-state index in [9.17, 15) is 4.79 Å². The Hall–Kier alpha value is -1.25. The van der Waals surface area contributed by atoms with E-state index >= 15 is 0 Å². The second-order valence-electron chi connectivity index (χ2n) is 6.69. The third-order valence-corrected chi connectivity index (χ3v) is 4.65. The predicted octanol–water partition coefficient (Wildman–Crippen LogP) is 1.85. The summed E-state index contributed by atoms with van der Waals surface area (Å²) in [6, 6.07) is 4.92. The minimum Gasteiger partial charge on any atom is -0.469 e. The second kappa shape index (κ2) is 7.76. The van der Waals surface area contributed by atoms with Gasteiger partial charge in [-0.05, 0) is 37.8 Å². The average Bonchev–Trinajstić information content (AvgIpc) is 3.47. The largest absolute Gasteiger partial charge is 0.469 e. The number of carbonyl (C=O) groups excluding carboxylic acids is 1. The van der Waals surface area contributed by atoms with Crippen LogP contribution in [0, 0.1) is 0 Å². The molecule has 1 saturated heterocycles. The fourth-order valence-electron chi connectivity index (χ4n) is 3.01. The van der Waals surface area contributed by atoms with Crippen LogP contribution in [0.3, 0.4) is 0 Å². The van der Waals surface area contributed by atoms with Crippen molar-refractivity contribution in [3.05, 3.63) is 24.2 Å². The molecule has 0 unspecified atom stereocenters. The molecule has 7 heteroatoms. The van der Waals surface area contributed by atoms with Crippen molar-refractivity contribution in [2.75, 3.05) is 26.2 Å². The zero-order valence-electron chi connectivity index (χ0n) is 13.8. The molecule has 1 aromatic rings. The van der Waals surface area contributed by atoms with Crippen LogP contribution in [-0.4, -0.2) is 59.9 Å². The molecular weight excluding hydrogens is 419 g/mol. The zero-order chi connectivity index (χ0) is 15.6. The molecule has 2 aliphatic carbocycles. The molecule has 6 nitrogen and oxygen atoms in total. The number of halogens is 1. The van der Waals surface area contributed by atoms with Crippen molar-refractivity contribution in [1.82, 2.24) is 15.1 Å². The van der Waals surface area contributed by atoms with Crippen LogP contribution in [0.25, 0.3) is 0 Å². The number of nitrogens with one attached hydrogen (secondary N) is 1. The van der Waals surface area contributed by atoms with Crippen LogP contribution in [0.15, 0.2) is 27.8 Å². The maximum atomic E-state index is 12.3. The zero-order valence-corrected chi connectivity index (χ0v) is 16.1. The first kappa shape index (κ1) is 17.6. The maximum Gasteiger partial charge on any atom is 0.242 e. The van der Waals surface area contributed by atoms with Gasteiger partial charge in [-0.2, -0.15) is 0 Å². The number of carbonyl (C=O) groups is 1. The molecule has 1 aliphatic heterocycles. The van der Waals surface area contributed by atoms with Gasteiger partial charge in [0, 0.05) is 38.1 Å². The van der Waals surface area contributed by atoms with Gasteiger partial charge in [-0.3, -0.25) is 9.79 Å². The average molecular weight is 444 g/mol. The lowest BCUT2D eigenvalue weighted by Gasteiger charge is -2.36. The second-order valence-corrected chi connectivity index (χ2v) is 6.69. The molecular formula is C17H25IN4O2. The lowest BCUT2D eigenvalue weighted by Crippen LogP contribution is -2.56. The molecule has 0 aromatic carbocycles. The standard InChI is InChI=1S/C17H24N4O2.HI/c22-16-12-20(9-10-21(16)14-5-6-14)17(19-13-3-4-13)18-8-7-15-2-1-11-23-15;/h1-2,11,13-14H,3-10,12H2,(H,18,19);1H. The van der Waals surface area contributed by atoms with Gasteiger partial charge >= 0.3 is 0 Å².